The van der Waals surface area contributed by atoms with Crippen LogP contribution in [-0.2, 0) is 4.74 Å². The molecule has 2 aliphatic rings. The topological polar surface area (TPSA) is 84.4 Å². The molecule has 1 atom stereocenters. The highest BCUT2D eigenvalue weighted by Gasteiger charge is 2.26. The number of hydrogen-bond acceptors (Lipinski definition) is 8. The molecule has 0 saturated carbocycles. The number of halogens is 2. The van der Waals surface area contributed by atoms with Crippen LogP contribution in [0.15, 0.2) is 36.7 Å². The number of nitrogens with zero attached hydrogens (tertiary/aromatic N) is 4. The Hall–Kier alpha value is -3.37. The molecule has 10 heteroatoms. The Bertz CT molecular complexity index is 1190. The SMILES string of the molecule is CC(C)N1CCOc2c(F)cc(-c3nc(Nc4ncccc4C4COCCN4)ncc3F)cc21. The summed E-state index contributed by atoms with van der Waals surface area (Å²) >= 11 is 0. The van der Waals surface area contributed by atoms with Crippen molar-refractivity contribution in [2.45, 2.75) is 25.9 Å². The van der Waals surface area contributed by atoms with Crippen LogP contribution in [0.5, 0.6) is 5.75 Å². The Kier molecular flexibility index (Phi) is 6.25. The minimum Gasteiger partial charge on any atom is -0.486 e. The van der Waals surface area contributed by atoms with E-state index in [0.717, 1.165) is 18.3 Å². The van der Waals surface area contributed by atoms with Gasteiger partial charge in [0.1, 0.15) is 18.1 Å². The van der Waals surface area contributed by atoms with E-state index in [9.17, 15) is 8.78 Å². The minimum absolute atomic E-state index is 0.00918. The fourth-order valence-electron chi connectivity index (χ4n) is 4.28. The van der Waals surface area contributed by atoms with Gasteiger partial charge in [-0.1, -0.05) is 6.07 Å². The predicted molar refractivity (Wildman–Crippen MR) is 124 cm³/mol. The van der Waals surface area contributed by atoms with Gasteiger partial charge in [0.25, 0.3) is 0 Å². The maximum absolute atomic E-state index is 14.9. The number of benzene rings is 1. The molecule has 1 unspecified atom stereocenters. The lowest BCUT2D eigenvalue weighted by Gasteiger charge is -2.34. The van der Waals surface area contributed by atoms with E-state index in [1.54, 1.807) is 12.3 Å². The fourth-order valence-corrected chi connectivity index (χ4v) is 4.28. The van der Waals surface area contributed by atoms with Gasteiger partial charge < -0.3 is 25.0 Å². The van der Waals surface area contributed by atoms with E-state index in [2.05, 4.69) is 25.6 Å². The molecule has 34 heavy (non-hydrogen) atoms. The monoisotopic (exact) mass is 468 g/mol. The number of aromatic nitrogens is 3. The van der Waals surface area contributed by atoms with Gasteiger partial charge in [-0.3, -0.25) is 0 Å². The highest BCUT2D eigenvalue weighted by atomic mass is 19.1. The average molecular weight is 469 g/mol. The van der Waals surface area contributed by atoms with Crippen LogP contribution in [0.25, 0.3) is 11.3 Å². The van der Waals surface area contributed by atoms with Crippen LogP contribution in [0.3, 0.4) is 0 Å². The van der Waals surface area contributed by atoms with Gasteiger partial charge in [-0.05, 0) is 32.0 Å². The number of morpholine rings is 1. The molecular weight excluding hydrogens is 442 g/mol. The third-order valence-electron chi connectivity index (χ3n) is 5.92. The highest BCUT2D eigenvalue weighted by molar-refractivity contribution is 5.73. The number of rotatable bonds is 5. The van der Waals surface area contributed by atoms with E-state index in [1.807, 2.05) is 30.9 Å². The van der Waals surface area contributed by atoms with Crippen molar-refractivity contribution in [3.63, 3.8) is 0 Å². The molecule has 0 amide bonds. The second-order valence-corrected chi connectivity index (χ2v) is 8.48. The summed E-state index contributed by atoms with van der Waals surface area (Å²) in [5.41, 5.74) is 1.77. The molecule has 1 aromatic carbocycles. The largest absolute Gasteiger partial charge is 0.486 e. The van der Waals surface area contributed by atoms with Crippen molar-refractivity contribution in [2.24, 2.45) is 0 Å². The molecule has 1 saturated heterocycles. The van der Waals surface area contributed by atoms with E-state index < -0.39 is 11.6 Å². The molecule has 2 aliphatic heterocycles. The van der Waals surface area contributed by atoms with Gasteiger partial charge in [0.15, 0.2) is 17.4 Å². The Morgan fingerprint density at radius 1 is 1.18 bits per heavy atom. The van der Waals surface area contributed by atoms with Crippen LogP contribution < -0.4 is 20.3 Å². The summed E-state index contributed by atoms with van der Waals surface area (Å²) in [7, 11) is 0. The lowest BCUT2D eigenvalue weighted by molar-refractivity contribution is 0.0770. The molecule has 3 aromatic rings. The number of anilines is 3. The second kappa shape index (κ2) is 9.47. The van der Waals surface area contributed by atoms with Crippen LogP contribution in [0.4, 0.5) is 26.2 Å². The van der Waals surface area contributed by atoms with E-state index in [4.69, 9.17) is 9.47 Å². The first-order valence-corrected chi connectivity index (χ1v) is 11.3. The van der Waals surface area contributed by atoms with Crippen LogP contribution in [0.1, 0.15) is 25.5 Å². The average Bonchev–Trinajstić information content (AvgIpc) is 2.85. The molecule has 178 valence electrons. The summed E-state index contributed by atoms with van der Waals surface area (Å²) in [5, 5.41) is 6.48. The van der Waals surface area contributed by atoms with Crippen molar-refractivity contribution in [1.29, 1.82) is 0 Å². The molecular formula is C24H26F2N6O2. The number of ether oxygens (including phenoxy) is 2. The molecule has 0 radical (unpaired) electrons. The van der Waals surface area contributed by atoms with Gasteiger partial charge in [0, 0.05) is 29.9 Å². The standard InChI is InChI=1S/C24H26F2N6O2/c1-14(2)32-7-9-34-22-17(25)10-15(11-20(22)32)21-18(26)12-29-24(30-21)31-23-16(4-3-5-28-23)19-13-33-8-6-27-19/h3-5,10-12,14,19,27H,6-9,13H2,1-2H3,(H,28,29,30,31). The van der Waals surface area contributed by atoms with Crippen LogP contribution in [-0.4, -0.2) is 53.9 Å². The van der Waals surface area contributed by atoms with Crippen molar-refractivity contribution in [1.82, 2.24) is 20.3 Å². The number of fused-ring (bicyclic) bond motifs is 1. The third kappa shape index (κ3) is 4.38. The normalized spacial score (nSPS) is 17.9. The number of nitrogens with one attached hydrogen (secondary N) is 2. The molecule has 4 heterocycles. The molecule has 2 N–H and O–H groups in total. The van der Waals surface area contributed by atoms with Crippen LogP contribution >= 0.6 is 0 Å². The summed E-state index contributed by atoms with van der Waals surface area (Å²) < 4.78 is 40.9. The van der Waals surface area contributed by atoms with Crippen LogP contribution in [0, 0.1) is 11.6 Å². The lowest BCUT2D eigenvalue weighted by Crippen LogP contribution is -2.38. The van der Waals surface area contributed by atoms with Crippen molar-refractivity contribution >= 4 is 17.5 Å². The fraction of sp³-hybridized carbons (Fsp3) is 0.375. The van der Waals surface area contributed by atoms with Crippen LogP contribution in [0.2, 0.25) is 0 Å². The summed E-state index contributed by atoms with van der Waals surface area (Å²) in [5.74, 6) is -0.332. The predicted octanol–water partition coefficient (Wildman–Crippen LogP) is 3.83. The van der Waals surface area contributed by atoms with Gasteiger partial charge in [0.05, 0.1) is 37.7 Å². The van der Waals surface area contributed by atoms with E-state index in [0.29, 0.717) is 43.4 Å². The van der Waals surface area contributed by atoms with E-state index >= 15 is 0 Å². The molecule has 1 fully saturated rings. The quantitative estimate of drug-likeness (QED) is 0.585. The zero-order valence-electron chi connectivity index (χ0n) is 19.0. The Labute approximate surface area is 196 Å². The maximum atomic E-state index is 14.9. The molecule has 0 spiro atoms. The molecule has 8 nitrogen and oxygen atoms in total. The van der Waals surface area contributed by atoms with Gasteiger partial charge in [-0.25, -0.2) is 23.7 Å². The molecule has 2 aromatic heterocycles. The van der Waals surface area contributed by atoms with Gasteiger partial charge in [-0.2, -0.15) is 0 Å². The molecule has 5 rings (SSSR count). The first kappa shape index (κ1) is 22.4. The first-order chi connectivity index (χ1) is 16.5. The van der Waals surface area contributed by atoms with Crippen molar-refractivity contribution in [2.75, 3.05) is 43.1 Å². The summed E-state index contributed by atoms with van der Waals surface area (Å²) in [6, 6.07) is 6.82. The van der Waals surface area contributed by atoms with E-state index in [1.165, 1.54) is 6.07 Å². The minimum atomic E-state index is -0.652. The molecule has 0 bridgehead atoms. The van der Waals surface area contributed by atoms with Gasteiger partial charge in [-0.15, -0.1) is 0 Å². The maximum Gasteiger partial charge on any atom is 0.229 e. The summed E-state index contributed by atoms with van der Waals surface area (Å²) in [6.45, 7) is 6.95. The third-order valence-corrected chi connectivity index (χ3v) is 5.92. The summed E-state index contributed by atoms with van der Waals surface area (Å²) in [4.78, 5) is 14.9. The van der Waals surface area contributed by atoms with Crippen molar-refractivity contribution in [3.05, 3.63) is 53.9 Å². The van der Waals surface area contributed by atoms with Gasteiger partial charge >= 0.3 is 0 Å². The number of hydrogen-bond donors (Lipinski definition) is 2. The zero-order chi connectivity index (χ0) is 23.7. The van der Waals surface area contributed by atoms with Crippen molar-refractivity contribution in [3.8, 4) is 17.0 Å². The summed E-state index contributed by atoms with van der Waals surface area (Å²) in [6.07, 6.45) is 2.72. The first-order valence-electron chi connectivity index (χ1n) is 11.3. The highest BCUT2D eigenvalue weighted by Crippen LogP contribution is 2.39. The smallest absolute Gasteiger partial charge is 0.229 e. The lowest BCUT2D eigenvalue weighted by atomic mass is 10.1. The molecule has 0 aliphatic carbocycles. The Balaban J connectivity index is 1.49. The van der Waals surface area contributed by atoms with Gasteiger partial charge in [0.2, 0.25) is 5.95 Å². The number of pyridine rings is 1. The Morgan fingerprint density at radius 3 is 2.85 bits per heavy atom. The van der Waals surface area contributed by atoms with E-state index in [-0.39, 0.29) is 29.5 Å². The second-order valence-electron chi connectivity index (χ2n) is 8.48. The van der Waals surface area contributed by atoms with Crippen molar-refractivity contribution < 1.29 is 18.3 Å². The Morgan fingerprint density at radius 2 is 2.06 bits per heavy atom. The zero-order valence-corrected chi connectivity index (χ0v) is 19.0.